The summed E-state index contributed by atoms with van der Waals surface area (Å²) in [5, 5.41) is 3.94. The monoisotopic (exact) mass is 362 g/mol. The Balaban J connectivity index is 1.54. The number of fused-ring (bicyclic) bond motifs is 1. The van der Waals surface area contributed by atoms with Crippen molar-refractivity contribution in [3.05, 3.63) is 78.1 Å². The third-order valence-corrected chi connectivity index (χ3v) is 4.90. The molecule has 0 fully saturated rings. The van der Waals surface area contributed by atoms with E-state index >= 15 is 0 Å². The number of aromatic nitrogens is 1. The topological polar surface area (TPSA) is 65.8 Å². The Kier molecular flexibility index (Phi) is 4.10. The number of benzene rings is 3. The molecule has 1 radical (unpaired) electrons. The molecule has 0 atom stereocenters. The molecule has 127 valence electrons. The predicted octanol–water partition coefficient (Wildman–Crippen LogP) is 5.27. The number of carbonyl (C=O) groups is 1. The first-order chi connectivity index (χ1) is 12.6. The minimum Gasteiger partial charge on any atom is -0.332 e. The molecule has 0 spiro atoms. The lowest BCUT2D eigenvalue weighted by Crippen LogP contribution is -1.97. The fourth-order valence-electron chi connectivity index (χ4n) is 2.64. The summed E-state index contributed by atoms with van der Waals surface area (Å²) in [5.74, 6) is -0.956. The van der Waals surface area contributed by atoms with Gasteiger partial charge in [0, 0.05) is 11.3 Å². The highest BCUT2D eigenvalue weighted by atomic mass is 32.1. The van der Waals surface area contributed by atoms with Gasteiger partial charge in [-0.2, -0.15) is 0 Å². The fourth-order valence-corrected chi connectivity index (χ4v) is 3.55. The molecule has 0 aliphatic carbocycles. The molecule has 2 N–H and O–H groups in total. The maximum absolute atomic E-state index is 13.3. The van der Waals surface area contributed by atoms with Gasteiger partial charge in [-0.1, -0.05) is 35.6 Å². The summed E-state index contributed by atoms with van der Waals surface area (Å²) in [6.45, 7) is 0. The maximum atomic E-state index is 13.3. The summed E-state index contributed by atoms with van der Waals surface area (Å²) >= 11 is 1.40. The van der Waals surface area contributed by atoms with Gasteiger partial charge >= 0.3 is 0 Å². The van der Waals surface area contributed by atoms with Crippen molar-refractivity contribution >= 4 is 38.3 Å². The highest BCUT2D eigenvalue weighted by Gasteiger charge is 2.06. The summed E-state index contributed by atoms with van der Waals surface area (Å²) in [7, 11) is 0. The van der Waals surface area contributed by atoms with Crippen LogP contribution in [-0.2, 0) is 0 Å². The standard InChI is InChI=1S/C20H13FN3OS/c21-15-7-10-17-18(11-15)26-20(24-17)23-16-8-5-13(6-9-16)12-1-3-14(4-2-12)19(22)25/h1-11,22H,(H,23,24). The van der Waals surface area contributed by atoms with Gasteiger partial charge in [-0.25, -0.2) is 9.37 Å². The number of hydrogen-bond donors (Lipinski definition) is 1. The van der Waals surface area contributed by atoms with Crippen molar-refractivity contribution in [1.29, 1.82) is 0 Å². The van der Waals surface area contributed by atoms with Gasteiger partial charge in [0.25, 0.3) is 5.91 Å². The first kappa shape index (κ1) is 16.2. The zero-order valence-electron chi connectivity index (χ0n) is 13.5. The molecule has 0 saturated carbocycles. The predicted molar refractivity (Wildman–Crippen MR) is 102 cm³/mol. The second-order valence-corrected chi connectivity index (χ2v) is 6.77. The van der Waals surface area contributed by atoms with Crippen molar-refractivity contribution in [2.45, 2.75) is 0 Å². The summed E-state index contributed by atoms with van der Waals surface area (Å²) in [6, 6.07) is 19.3. The van der Waals surface area contributed by atoms with Crippen LogP contribution in [0, 0.1) is 5.82 Å². The Morgan fingerprint density at radius 1 is 0.962 bits per heavy atom. The van der Waals surface area contributed by atoms with E-state index in [2.05, 4.69) is 10.3 Å². The van der Waals surface area contributed by atoms with E-state index in [0.717, 1.165) is 27.0 Å². The molecule has 0 saturated heterocycles. The zero-order valence-corrected chi connectivity index (χ0v) is 14.3. The molecule has 6 heteroatoms. The molecule has 0 aliphatic heterocycles. The minimum atomic E-state index is -0.688. The van der Waals surface area contributed by atoms with Crippen LogP contribution in [0.2, 0.25) is 0 Å². The van der Waals surface area contributed by atoms with Crippen molar-refractivity contribution in [3.8, 4) is 11.1 Å². The molecule has 4 rings (SSSR count). The van der Waals surface area contributed by atoms with Gasteiger partial charge in [-0.05, 0) is 53.6 Å². The summed E-state index contributed by atoms with van der Waals surface area (Å²) < 4.78 is 14.1. The molecule has 1 heterocycles. The average molecular weight is 362 g/mol. The largest absolute Gasteiger partial charge is 0.332 e. The Hall–Kier alpha value is -3.25. The van der Waals surface area contributed by atoms with Crippen LogP contribution in [0.4, 0.5) is 15.2 Å². The molecule has 0 aliphatic rings. The number of carbonyl (C=O) groups excluding carboxylic acids is 1. The smallest absolute Gasteiger partial charge is 0.269 e. The number of nitrogens with zero attached hydrogens (tertiary/aromatic N) is 1. The van der Waals surface area contributed by atoms with Gasteiger partial charge in [0.05, 0.1) is 10.2 Å². The van der Waals surface area contributed by atoms with Crippen LogP contribution < -0.4 is 11.1 Å². The molecular weight excluding hydrogens is 349 g/mol. The molecule has 4 aromatic rings. The van der Waals surface area contributed by atoms with E-state index < -0.39 is 5.91 Å². The Labute approximate surface area is 153 Å². The van der Waals surface area contributed by atoms with E-state index in [9.17, 15) is 9.18 Å². The van der Waals surface area contributed by atoms with E-state index in [1.807, 2.05) is 36.4 Å². The summed E-state index contributed by atoms with van der Waals surface area (Å²) in [4.78, 5) is 15.5. The molecule has 26 heavy (non-hydrogen) atoms. The Morgan fingerprint density at radius 2 is 1.62 bits per heavy atom. The van der Waals surface area contributed by atoms with Gasteiger partial charge in [0.1, 0.15) is 5.82 Å². The molecule has 4 nitrogen and oxygen atoms in total. The lowest BCUT2D eigenvalue weighted by atomic mass is 10.0. The molecule has 0 unspecified atom stereocenters. The van der Waals surface area contributed by atoms with Gasteiger partial charge in [0.2, 0.25) is 0 Å². The Bertz CT molecular complexity index is 1090. The zero-order chi connectivity index (χ0) is 18.1. The van der Waals surface area contributed by atoms with Crippen LogP contribution in [-0.4, -0.2) is 10.9 Å². The molecule has 1 amide bonds. The SMILES string of the molecule is [NH]C(=O)c1ccc(-c2ccc(Nc3nc4ccc(F)cc4s3)cc2)cc1. The van der Waals surface area contributed by atoms with E-state index in [1.165, 1.54) is 23.5 Å². The van der Waals surface area contributed by atoms with Crippen LogP contribution in [0.3, 0.4) is 0 Å². The molecule has 1 aromatic heterocycles. The molecule has 3 aromatic carbocycles. The lowest BCUT2D eigenvalue weighted by Gasteiger charge is -2.06. The second kappa shape index (κ2) is 6.57. The maximum Gasteiger partial charge on any atom is 0.269 e. The normalized spacial score (nSPS) is 10.8. The number of thiazole rings is 1. The van der Waals surface area contributed by atoms with Gasteiger partial charge in [-0.3, -0.25) is 10.5 Å². The number of rotatable bonds is 4. The number of hydrogen-bond acceptors (Lipinski definition) is 4. The van der Waals surface area contributed by atoms with Crippen molar-refractivity contribution in [2.75, 3.05) is 5.32 Å². The van der Waals surface area contributed by atoms with Crippen LogP contribution in [0.1, 0.15) is 10.4 Å². The van der Waals surface area contributed by atoms with E-state index in [-0.39, 0.29) is 5.82 Å². The van der Waals surface area contributed by atoms with E-state index in [1.54, 1.807) is 18.2 Å². The number of nitrogens with one attached hydrogen (secondary N) is 2. The third kappa shape index (κ3) is 3.27. The van der Waals surface area contributed by atoms with E-state index in [0.29, 0.717) is 10.7 Å². The quantitative estimate of drug-likeness (QED) is 0.538. The van der Waals surface area contributed by atoms with Crippen molar-refractivity contribution in [2.24, 2.45) is 0 Å². The summed E-state index contributed by atoms with van der Waals surface area (Å²) in [5.41, 5.74) is 11.1. The van der Waals surface area contributed by atoms with Gasteiger partial charge in [-0.15, -0.1) is 0 Å². The molecular formula is C20H13FN3OS. The van der Waals surface area contributed by atoms with Crippen LogP contribution >= 0.6 is 11.3 Å². The van der Waals surface area contributed by atoms with Gasteiger partial charge < -0.3 is 5.32 Å². The van der Waals surface area contributed by atoms with Crippen LogP contribution in [0.25, 0.3) is 21.3 Å². The molecule has 0 bridgehead atoms. The Morgan fingerprint density at radius 3 is 2.27 bits per heavy atom. The number of halogens is 1. The minimum absolute atomic E-state index is 0.268. The lowest BCUT2D eigenvalue weighted by molar-refractivity contribution is 0.0992. The van der Waals surface area contributed by atoms with Crippen molar-refractivity contribution in [3.63, 3.8) is 0 Å². The van der Waals surface area contributed by atoms with Crippen LogP contribution in [0.15, 0.2) is 66.7 Å². The van der Waals surface area contributed by atoms with Crippen molar-refractivity contribution < 1.29 is 9.18 Å². The van der Waals surface area contributed by atoms with Crippen molar-refractivity contribution in [1.82, 2.24) is 10.7 Å². The highest BCUT2D eigenvalue weighted by molar-refractivity contribution is 7.22. The summed E-state index contributed by atoms with van der Waals surface area (Å²) in [6.07, 6.45) is 0. The fraction of sp³-hybridized carbons (Fsp3) is 0. The third-order valence-electron chi connectivity index (χ3n) is 3.97. The number of amides is 1. The van der Waals surface area contributed by atoms with Crippen LogP contribution in [0.5, 0.6) is 0 Å². The van der Waals surface area contributed by atoms with Gasteiger partial charge in [0.15, 0.2) is 5.13 Å². The highest BCUT2D eigenvalue weighted by Crippen LogP contribution is 2.29. The number of anilines is 2. The van der Waals surface area contributed by atoms with E-state index in [4.69, 9.17) is 5.73 Å². The first-order valence-electron chi connectivity index (χ1n) is 7.88. The average Bonchev–Trinajstić information content (AvgIpc) is 3.03. The first-order valence-corrected chi connectivity index (χ1v) is 8.70. The second-order valence-electron chi connectivity index (χ2n) is 5.74.